The van der Waals surface area contributed by atoms with Crippen molar-refractivity contribution >= 4 is 5.91 Å². The lowest BCUT2D eigenvalue weighted by Gasteiger charge is -2.39. The Morgan fingerprint density at radius 2 is 1.96 bits per heavy atom. The second-order valence-electron chi connectivity index (χ2n) is 6.31. The molecular formula is C18H20F2N4O. The van der Waals surface area contributed by atoms with Crippen LogP contribution in [0.3, 0.4) is 0 Å². The predicted octanol–water partition coefficient (Wildman–Crippen LogP) is 2.62. The third-order valence-corrected chi connectivity index (χ3v) is 4.72. The molecule has 1 fully saturated rings. The highest BCUT2D eigenvalue weighted by Crippen LogP contribution is 2.29. The van der Waals surface area contributed by atoms with Crippen molar-refractivity contribution < 1.29 is 13.6 Å². The van der Waals surface area contributed by atoms with E-state index in [1.807, 2.05) is 6.92 Å². The fourth-order valence-corrected chi connectivity index (χ4v) is 3.36. The van der Waals surface area contributed by atoms with Crippen LogP contribution in [0.25, 0.3) is 11.4 Å². The van der Waals surface area contributed by atoms with Gasteiger partial charge in [0.25, 0.3) is 5.91 Å². The van der Waals surface area contributed by atoms with Crippen molar-refractivity contribution in [3.8, 4) is 11.4 Å². The molecule has 0 aliphatic carbocycles. The number of rotatable bonds is 3. The smallest absolute Gasteiger partial charge is 0.255 e. The fourth-order valence-electron chi connectivity index (χ4n) is 3.36. The lowest BCUT2D eigenvalue weighted by molar-refractivity contribution is 0.0532. The van der Waals surface area contributed by atoms with Gasteiger partial charge in [0.2, 0.25) is 0 Å². The van der Waals surface area contributed by atoms with Crippen molar-refractivity contribution in [2.75, 3.05) is 13.1 Å². The first-order chi connectivity index (χ1) is 12.0. The summed E-state index contributed by atoms with van der Waals surface area (Å²) < 4.78 is 27.6. The van der Waals surface area contributed by atoms with Crippen LogP contribution in [-0.4, -0.2) is 39.9 Å². The average Bonchev–Trinajstić information content (AvgIpc) is 2.63. The molecule has 1 aromatic heterocycles. The standard InChI is InChI=1S/C18H20F2N4O/c1-11-4-2-7-24(16(11)10-21)18(25)13-9-15(20)14(19)8-12(13)17-22-5-3-6-23-17/h3,5-6,8-9,11,16H,2,4,7,10,21H2,1H3/t11-,16?/m1/s1. The number of benzene rings is 1. The third kappa shape index (κ3) is 3.37. The number of piperidine rings is 1. The summed E-state index contributed by atoms with van der Waals surface area (Å²) in [6.45, 7) is 2.91. The number of likely N-dealkylation sites (tertiary alicyclic amines) is 1. The zero-order chi connectivity index (χ0) is 18.0. The zero-order valence-electron chi connectivity index (χ0n) is 14.0. The van der Waals surface area contributed by atoms with Crippen molar-refractivity contribution in [1.82, 2.24) is 14.9 Å². The van der Waals surface area contributed by atoms with Gasteiger partial charge in [-0.2, -0.15) is 0 Å². The van der Waals surface area contributed by atoms with Crippen molar-refractivity contribution in [1.29, 1.82) is 0 Å². The molecule has 1 unspecified atom stereocenters. The minimum atomic E-state index is -1.07. The molecule has 3 rings (SSSR count). The highest BCUT2D eigenvalue weighted by molar-refractivity contribution is 6.00. The molecule has 2 atom stereocenters. The van der Waals surface area contributed by atoms with Gasteiger partial charge in [0, 0.05) is 37.1 Å². The monoisotopic (exact) mass is 346 g/mol. The van der Waals surface area contributed by atoms with Crippen LogP contribution in [-0.2, 0) is 0 Å². The van der Waals surface area contributed by atoms with E-state index in [1.165, 1.54) is 12.4 Å². The molecule has 0 saturated carbocycles. The minimum Gasteiger partial charge on any atom is -0.334 e. The van der Waals surface area contributed by atoms with Gasteiger partial charge in [-0.25, -0.2) is 18.7 Å². The van der Waals surface area contributed by atoms with Gasteiger partial charge < -0.3 is 10.6 Å². The van der Waals surface area contributed by atoms with Crippen LogP contribution in [0, 0.1) is 17.6 Å². The molecule has 1 aromatic carbocycles. The first-order valence-electron chi connectivity index (χ1n) is 8.30. The molecule has 1 saturated heterocycles. The number of hydrogen-bond donors (Lipinski definition) is 1. The maximum atomic E-state index is 13.8. The maximum Gasteiger partial charge on any atom is 0.255 e. The first-order valence-corrected chi connectivity index (χ1v) is 8.30. The lowest BCUT2D eigenvalue weighted by Crippen LogP contribution is -2.51. The summed E-state index contributed by atoms with van der Waals surface area (Å²) >= 11 is 0. The Morgan fingerprint density at radius 3 is 2.64 bits per heavy atom. The summed E-state index contributed by atoms with van der Waals surface area (Å²) in [6, 6.07) is 3.39. The molecule has 2 heterocycles. The molecule has 25 heavy (non-hydrogen) atoms. The molecule has 1 aliphatic heterocycles. The summed E-state index contributed by atoms with van der Waals surface area (Å²) in [5.41, 5.74) is 6.08. The first kappa shape index (κ1) is 17.4. The molecule has 0 spiro atoms. The van der Waals surface area contributed by atoms with E-state index in [2.05, 4.69) is 9.97 Å². The quantitative estimate of drug-likeness (QED) is 0.927. The number of hydrogen-bond acceptors (Lipinski definition) is 4. The second-order valence-corrected chi connectivity index (χ2v) is 6.31. The number of amides is 1. The number of nitrogens with zero attached hydrogens (tertiary/aromatic N) is 3. The Morgan fingerprint density at radius 1 is 1.28 bits per heavy atom. The average molecular weight is 346 g/mol. The van der Waals surface area contributed by atoms with Gasteiger partial charge in [-0.1, -0.05) is 6.92 Å². The third-order valence-electron chi connectivity index (χ3n) is 4.72. The topological polar surface area (TPSA) is 72.1 Å². The highest BCUT2D eigenvalue weighted by Gasteiger charge is 2.33. The molecule has 1 aliphatic rings. The maximum absolute atomic E-state index is 13.8. The van der Waals surface area contributed by atoms with Crippen LogP contribution < -0.4 is 5.73 Å². The predicted molar refractivity (Wildman–Crippen MR) is 89.7 cm³/mol. The number of nitrogens with two attached hydrogens (primary N) is 1. The Bertz CT molecular complexity index is 769. The Labute approximate surface area is 144 Å². The van der Waals surface area contributed by atoms with Crippen molar-refractivity contribution in [2.45, 2.75) is 25.8 Å². The second kappa shape index (κ2) is 7.23. The molecule has 0 radical (unpaired) electrons. The van der Waals surface area contributed by atoms with E-state index in [4.69, 9.17) is 5.73 Å². The number of carbonyl (C=O) groups is 1. The van der Waals surface area contributed by atoms with Crippen LogP contribution in [0.5, 0.6) is 0 Å². The lowest BCUT2D eigenvalue weighted by atomic mass is 9.90. The normalized spacial score (nSPS) is 20.6. The van der Waals surface area contributed by atoms with Crippen LogP contribution in [0.4, 0.5) is 8.78 Å². The summed E-state index contributed by atoms with van der Waals surface area (Å²) in [7, 11) is 0. The van der Waals surface area contributed by atoms with Crippen molar-refractivity contribution in [3.63, 3.8) is 0 Å². The van der Waals surface area contributed by atoms with Gasteiger partial charge in [-0.15, -0.1) is 0 Å². The highest BCUT2D eigenvalue weighted by atomic mass is 19.2. The number of aromatic nitrogens is 2. The van der Waals surface area contributed by atoms with E-state index in [1.54, 1.807) is 11.0 Å². The largest absolute Gasteiger partial charge is 0.334 e. The number of halogens is 2. The molecule has 0 bridgehead atoms. The van der Waals surface area contributed by atoms with Crippen LogP contribution in [0.2, 0.25) is 0 Å². The Kier molecular flexibility index (Phi) is 5.03. The van der Waals surface area contributed by atoms with E-state index in [0.29, 0.717) is 13.1 Å². The minimum absolute atomic E-state index is 0.0534. The molecule has 132 valence electrons. The van der Waals surface area contributed by atoms with Crippen LogP contribution in [0.15, 0.2) is 30.6 Å². The van der Waals surface area contributed by atoms with Gasteiger partial charge in [-0.3, -0.25) is 4.79 Å². The van der Waals surface area contributed by atoms with Gasteiger partial charge in [0.05, 0.1) is 5.56 Å². The van der Waals surface area contributed by atoms with E-state index in [-0.39, 0.29) is 34.8 Å². The molecule has 2 N–H and O–H groups in total. The van der Waals surface area contributed by atoms with Crippen LogP contribution >= 0.6 is 0 Å². The van der Waals surface area contributed by atoms with Gasteiger partial charge in [0.15, 0.2) is 17.5 Å². The van der Waals surface area contributed by atoms with Crippen molar-refractivity contribution in [3.05, 3.63) is 47.8 Å². The van der Waals surface area contributed by atoms with Gasteiger partial charge in [-0.05, 0) is 37.0 Å². The van der Waals surface area contributed by atoms with E-state index >= 15 is 0 Å². The summed E-state index contributed by atoms with van der Waals surface area (Å²) in [5, 5.41) is 0. The summed E-state index contributed by atoms with van der Waals surface area (Å²) in [4.78, 5) is 22.9. The summed E-state index contributed by atoms with van der Waals surface area (Å²) in [5.74, 6) is -2.05. The van der Waals surface area contributed by atoms with Crippen LogP contribution in [0.1, 0.15) is 30.1 Å². The molecule has 5 nitrogen and oxygen atoms in total. The van der Waals surface area contributed by atoms with E-state index < -0.39 is 11.6 Å². The zero-order valence-corrected chi connectivity index (χ0v) is 14.0. The van der Waals surface area contributed by atoms with Gasteiger partial charge >= 0.3 is 0 Å². The Balaban J connectivity index is 2.06. The molecule has 1 amide bonds. The van der Waals surface area contributed by atoms with Crippen molar-refractivity contribution in [2.24, 2.45) is 11.7 Å². The molecular weight excluding hydrogens is 326 g/mol. The van der Waals surface area contributed by atoms with Gasteiger partial charge in [0.1, 0.15) is 0 Å². The summed E-state index contributed by atoms with van der Waals surface area (Å²) in [6.07, 6.45) is 4.81. The number of carbonyl (C=O) groups excluding carboxylic acids is 1. The Hall–Kier alpha value is -2.41. The molecule has 2 aromatic rings. The fraction of sp³-hybridized carbons (Fsp3) is 0.389. The molecule has 7 heteroatoms. The SMILES string of the molecule is C[C@@H]1CCCN(C(=O)c2cc(F)c(F)cc2-c2ncccn2)C1CN. The van der Waals surface area contributed by atoms with E-state index in [0.717, 1.165) is 25.0 Å². The van der Waals surface area contributed by atoms with E-state index in [9.17, 15) is 13.6 Å².